The zero-order valence-electron chi connectivity index (χ0n) is 21.3. The van der Waals surface area contributed by atoms with Crippen molar-refractivity contribution in [2.24, 2.45) is 33.6 Å². The van der Waals surface area contributed by atoms with E-state index in [1.807, 2.05) is 0 Å². The predicted octanol–water partition coefficient (Wildman–Crippen LogP) is 4.10. The molecule has 5 fully saturated rings. The van der Waals surface area contributed by atoms with Crippen molar-refractivity contribution in [3.63, 3.8) is 0 Å². The van der Waals surface area contributed by atoms with E-state index in [1.54, 1.807) is 6.08 Å². The van der Waals surface area contributed by atoms with Crippen LogP contribution in [0, 0.1) is 28.6 Å². The largest absolute Gasteiger partial charge is 0.458 e. The van der Waals surface area contributed by atoms with E-state index in [9.17, 15) is 20.1 Å². The number of ether oxygens (including phenoxy) is 1. The number of rotatable bonds is 3. The minimum absolute atomic E-state index is 0.0956. The van der Waals surface area contributed by atoms with Gasteiger partial charge in [0.25, 0.3) is 0 Å². The molecule has 0 aromatic heterocycles. The average molecular weight is 486 g/mol. The Labute approximate surface area is 209 Å². The molecule has 0 spiro atoms. The number of cyclic esters (lactones) is 1. The summed E-state index contributed by atoms with van der Waals surface area (Å²) in [5.74, 6) is 0.168. The maximum absolute atomic E-state index is 12.5. The van der Waals surface area contributed by atoms with Crippen molar-refractivity contribution in [3.05, 3.63) is 11.6 Å². The Morgan fingerprint density at radius 2 is 1.74 bits per heavy atom. The van der Waals surface area contributed by atoms with E-state index in [1.165, 1.54) is 19.3 Å². The van der Waals surface area contributed by atoms with Crippen LogP contribution >= 0.6 is 0 Å². The molecule has 0 amide bonds. The summed E-state index contributed by atoms with van der Waals surface area (Å²) in [4.78, 5) is 17.0. The van der Waals surface area contributed by atoms with Crippen molar-refractivity contribution >= 4 is 12.2 Å². The van der Waals surface area contributed by atoms with Gasteiger partial charge in [-0.1, -0.05) is 26.2 Å². The zero-order valence-corrected chi connectivity index (χ0v) is 21.3. The number of hydrogen-bond donors (Lipinski definition) is 3. The number of esters is 1. The van der Waals surface area contributed by atoms with Crippen molar-refractivity contribution in [2.75, 3.05) is 6.61 Å². The van der Waals surface area contributed by atoms with Crippen LogP contribution in [-0.2, 0) is 9.53 Å². The number of aliphatic imine (C=N–C) groups is 1. The highest BCUT2D eigenvalue weighted by Crippen LogP contribution is 2.70. The van der Waals surface area contributed by atoms with Crippen molar-refractivity contribution < 1.29 is 24.9 Å². The van der Waals surface area contributed by atoms with Crippen LogP contribution in [0.5, 0.6) is 0 Å². The summed E-state index contributed by atoms with van der Waals surface area (Å²) in [6.45, 7) is 2.59. The lowest BCUT2D eigenvalue weighted by Gasteiger charge is -2.65. The van der Waals surface area contributed by atoms with Gasteiger partial charge in [0.1, 0.15) is 6.61 Å². The van der Waals surface area contributed by atoms with Crippen LogP contribution in [0.15, 0.2) is 16.6 Å². The van der Waals surface area contributed by atoms with Gasteiger partial charge in [-0.25, -0.2) is 4.79 Å². The first kappa shape index (κ1) is 24.1. The van der Waals surface area contributed by atoms with Crippen LogP contribution in [0.25, 0.3) is 0 Å². The number of fused-ring (bicyclic) bond motifs is 5. The summed E-state index contributed by atoms with van der Waals surface area (Å²) in [5, 5.41) is 35.2. The number of carbonyl (C=O) groups is 1. The summed E-state index contributed by atoms with van der Waals surface area (Å²) in [5.41, 5.74) is -1.50. The Balaban J connectivity index is 1.36. The maximum atomic E-state index is 12.5. The number of aliphatic hydroxyl groups is 3. The van der Waals surface area contributed by atoms with Gasteiger partial charge in [-0.05, 0) is 87.5 Å². The molecule has 1 heterocycles. The third-order valence-corrected chi connectivity index (χ3v) is 11.7. The first-order valence-corrected chi connectivity index (χ1v) is 14.3. The molecule has 0 radical (unpaired) electrons. The molecule has 3 N–H and O–H groups in total. The molecule has 6 aliphatic rings. The zero-order chi connectivity index (χ0) is 24.5. The second-order valence-electron chi connectivity index (χ2n) is 13.1. The number of hydrogen-bond acceptors (Lipinski definition) is 6. The average Bonchev–Trinajstić information content (AvgIpc) is 3.38. The number of aliphatic hydroxyl groups excluding tert-OH is 1. The van der Waals surface area contributed by atoms with E-state index in [0.29, 0.717) is 31.9 Å². The molecule has 6 rings (SSSR count). The Morgan fingerprint density at radius 3 is 2.49 bits per heavy atom. The van der Waals surface area contributed by atoms with Crippen molar-refractivity contribution in [1.29, 1.82) is 0 Å². The highest BCUT2D eigenvalue weighted by atomic mass is 16.5. The minimum Gasteiger partial charge on any atom is -0.458 e. The molecular weight excluding hydrogens is 442 g/mol. The lowest BCUT2D eigenvalue weighted by atomic mass is 9.41. The lowest BCUT2D eigenvalue weighted by Crippen LogP contribution is -2.68. The SMILES string of the molecule is CC12CCC3C(CCC4(O)CC(O)CCC34C=NC3CCCCC3)C1(O)CCC2C1=CC(=O)OC1. The first-order valence-electron chi connectivity index (χ1n) is 14.3. The van der Waals surface area contributed by atoms with Gasteiger partial charge in [-0.2, -0.15) is 0 Å². The topological polar surface area (TPSA) is 99.4 Å². The second kappa shape index (κ2) is 8.39. The van der Waals surface area contributed by atoms with Crippen LogP contribution in [-0.4, -0.2) is 57.5 Å². The standard InChI is InChI=1S/C29H43NO5/c1-26-11-8-23-24(29(26,34)14-10-22(26)19-15-25(32)35-17-19)9-13-28(33)16-21(31)7-12-27(23,28)18-30-20-5-3-2-4-6-20/h15,18,20-24,31,33-34H,2-14,16-17H2,1H3. The van der Waals surface area contributed by atoms with Gasteiger partial charge in [-0.15, -0.1) is 0 Å². The number of nitrogens with zero attached hydrogens (tertiary/aromatic N) is 1. The second-order valence-corrected chi connectivity index (χ2v) is 13.1. The van der Waals surface area contributed by atoms with Gasteiger partial charge in [0.05, 0.1) is 17.3 Å². The molecule has 5 saturated carbocycles. The third-order valence-electron chi connectivity index (χ3n) is 11.7. The van der Waals surface area contributed by atoms with E-state index >= 15 is 0 Å². The summed E-state index contributed by atoms with van der Waals surface area (Å²) >= 11 is 0. The molecule has 6 heteroatoms. The van der Waals surface area contributed by atoms with Gasteiger partial charge in [-0.3, -0.25) is 4.99 Å². The molecule has 8 unspecified atom stereocenters. The molecule has 0 aromatic rings. The molecule has 35 heavy (non-hydrogen) atoms. The smallest absolute Gasteiger partial charge is 0.331 e. The normalized spacial score (nSPS) is 50.4. The molecule has 5 aliphatic carbocycles. The molecule has 8 atom stereocenters. The predicted molar refractivity (Wildman–Crippen MR) is 133 cm³/mol. The van der Waals surface area contributed by atoms with E-state index in [4.69, 9.17) is 9.73 Å². The van der Waals surface area contributed by atoms with E-state index in [0.717, 1.165) is 56.9 Å². The summed E-state index contributed by atoms with van der Waals surface area (Å²) in [6, 6.07) is 0.342. The first-order chi connectivity index (χ1) is 16.7. The quantitative estimate of drug-likeness (QED) is 0.413. The van der Waals surface area contributed by atoms with Gasteiger partial charge in [0, 0.05) is 35.6 Å². The summed E-state index contributed by atoms with van der Waals surface area (Å²) in [7, 11) is 0. The Kier molecular flexibility index (Phi) is 5.78. The molecule has 6 nitrogen and oxygen atoms in total. The molecule has 0 aromatic carbocycles. The fraction of sp³-hybridized carbons (Fsp3) is 0.862. The maximum Gasteiger partial charge on any atom is 0.331 e. The van der Waals surface area contributed by atoms with Crippen LogP contribution < -0.4 is 0 Å². The molecule has 1 aliphatic heterocycles. The van der Waals surface area contributed by atoms with Gasteiger partial charge >= 0.3 is 5.97 Å². The van der Waals surface area contributed by atoms with Crippen LogP contribution in [0.1, 0.15) is 96.8 Å². The molecular formula is C29H43NO5. The fourth-order valence-corrected chi connectivity index (χ4v) is 9.83. The van der Waals surface area contributed by atoms with Gasteiger partial charge in [0.15, 0.2) is 0 Å². The Bertz CT molecular complexity index is 926. The van der Waals surface area contributed by atoms with E-state index in [2.05, 4.69) is 13.1 Å². The summed E-state index contributed by atoms with van der Waals surface area (Å²) < 4.78 is 5.25. The van der Waals surface area contributed by atoms with Crippen molar-refractivity contribution in [1.82, 2.24) is 0 Å². The Morgan fingerprint density at radius 1 is 0.971 bits per heavy atom. The van der Waals surface area contributed by atoms with Gasteiger partial charge < -0.3 is 20.1 Å². The molecule has 0 saturated heterocycles. The lowest BCUT2D eigenvalue weighted by molar-refractivity contribution is -0.237. The van der Waals surface area contributed by atoms with Crippen LogP contribution in [0.3, 0.4) is 0 Å². The summed E-state index contributed by atoms with van der Waals surface area (Å²) in [6.07, 6.45) is 16.0. The Hall–Kier alpha value is -1.24. The number of carbonyl (C=O) groups excluding carboxylic acids is 1. The van der Waals surface area contributed by atoms with E-state index < -0.39 is 22.7 Å². The van der Waals surface area contributed by atoms with Crippen molar-refractivity contribution in [3.8, 4) is 0 Å². The van der Waals surface area contributed by atoms with Crippen LogP contribution in [0.4, 0.5) is 0 Å². The van der Waals surface area contributed by atoms with Crippen LogP contribution in [0.2, 0.25) is 0 Å². The molecule has 194 valence electrons. The van der Waals surface area contributed by atoms with E-state index in [-0.39, 0.29) is 29.1 Å². The fourth-order valence-electron chi connectivity index (χ4n) is 9.83. The monoisotopic (exact) mass is 485 g/mol. The minimum atomic E-state index is -0.958. The molecule has 0 bridgehead atoms. The highest BCUT2D eigenvalue weighted by Gasteiger charge is 2.71. The van der Waals surface area contributed by atoms with Gasteiger partial charge in [0.2, 0.25) is 0 Å². The third kappa shape index (κ3) is 3.45. The van der Waals surface area contributed by atoms with Crippen molar-refractivity contribution in [2.45, 2.75) is 120 Å². The highest BCUT2D eigenvalue weighted by molar-refractivity contribution is 5.85.